The van der Waals surface area contributed by atoms with Crippen molar-refractivity contribution in [3.05, 3.63) is 94.7 Å². The zero-order valence-corrected chi connectivity index (χ0v) is 20.4. The highest BCUT2D eigenvalue weighted by Gasteiger charge is 2.20. The van der Waals surface area contributed by atoms with Crippen molar-refractivity contribution in [3.63, 3.8) is 0 Å². The van der Waals surface area contributed by atoms with Crippen molar-refractivity contribution in [2.75, 3.05) is 11.1 Å². The molecular formula is C26H21FN4O2S2. The topological polar surface area (TPSA) is 76.9 Å². The van der Waals surface area contributed by atoms with E-state index in [0.29, 0.717) is 21.9 Å². The van der Waals surface area contributed by atoms with Crippen LogP contribution in [-0.2, 0) is 11.3 Å². The van der Waals surface area contributed by atoms with Crippen LogP contribution in [0.15, 0.2) is 82.9 Å². The molecule has 6 nitrogen and oxygen atoms in total. The molecule has 0 fully saturated rings. The molecule has 9 heteroatoms. The van der Waals surface area contributed by atoms with Crippen LogP contribution in [0.4, 0.5) is 10.1 Å². The molecule has 0 radical (unpaired) electrons. The Kier molecular flexibility index (Phi) is 6.61. The molecule has 176 valence electrons. The molecule has 0 saturated heterocycles. The Bertz CT molecular complexity index is 1580. The monoisotopic (exact) mass is 504 g/mol. The highest BCUT2D eigenvalue weighted by Crippen LogP contribution is 2.31. The summed E-state index contributed by atoms with van der Waals surface area (Å²) in [4.78, 5) is 36.1. The zero-order valence-electron chi connectivity index (χ0n) is 18.8. The Labute approximate surface area is 208 Å². The van der Waals surface area contributed by atoms with Crippen LogP contribution in [0, 0.1) is 5.82 Å². The summed E-state index contributed by atoms with van der Waals surface area (Å²) >= 11 is 2.48. The largest absolute Gasteiger partial charge is 0.323 e. The molecule has 0 aliphatic heterocycles. The molecule has 5 rings (SSSR count). The number of fused-ring (bicyclic) bond motifs is 3. The number of rotatable bonds is 7. The first-order chi connectivity index (χ1) is 17.0. The molecule has 3 heterocycles. The van der Waals surface area contributed by atoms with Gasteiger partial charge in [-0.05, 0) is 35.7 Å². The minimum Gasteiger partial charge on any atom is -0.323 e. The first kappa shape index (κ1) is 23.2. The van der Waals surface area contributed by atoms with Crippen molar-refractivity contribution in [2.24, 2.45) is 0 Å². The third kappa shape index (κ3) is 4.82. The lowest BCUT2D eigenvalue weighted by Crippen LogP contribution is -2.25. The fraction of sp³-hybridized carbons (Fsp3) is 0.154. The van der Waals surface area contributed by atoms with Gasteiger partial charge in [-0.15, -0.1) is 11.3 Å². The number of hydrogen-bond donors (Lipinski definition) is 1. The van der Waals surface area contributed by atoms with Gasteiger partial charge in [0.2, 0.25) is 5.91 Å². The highest BCUT2D eigenvalue weighted by molar-refractivity contribution is 7.99. The van der Waals surface area contributed by atoms with Gasteiger partial charge in [-0.25, -0.2) is 14.4 Å². The van der Waals surface area contributed by atoms with Gasteiger partial charge in [0.15, 0.2) is 5.16 Å². The van der Waals surface area contributed by atoms with Gasteiger partial charge in [-0.3, -0.25) is 14.2 Å². The van der Waals surface area contributed by atoms with Gasteiger partial charge in [-0.1, -0.05) is 61.2 Å². The molecule has 0 bridgehead atoms. The summed E-state index contributed by atoms with van der Waals surface area (Å²) in [5.41, 5.74) is 1.65. The number of nitrogens with zero attached hydrogens (tertiary/aromatic N) is 3. The van der Waals surface area contributed by atoms with Crippen molar-refractivity contribution in [1.29, 1.82) is 0 Å². The number of amides is 1. The van der Waals surface area contributed by atoms with Gasteiger partial charge in [0, 0.05) is 18.1 Å². The number of aromatic nitrogens is 3. The molecule has 1 atom stereocenters. The Morgan fingerprint density at radius 2 is 1.89 bits per heavy atom. The van der Waals surface area contributed by atoms with Crippen LogP contribution >= 0.6 is 23.1 Å². The van der Waals surface area contributed by atoms with Crippen molar-refractivity contribution >= 4 is 55.1 Å². The second-order valence-corrected chi connectivity index (χ2v) is 10.0. The number of benzene rings is 2. The first-order valence-corrected chi connectivity index (χ1v) is 12.8. The highest BCUT2D eigenvalue weighted by atomic mass is 32.2. The smallest absolute Gasteiger partial charge is 0.272 e. The molecule has 0 aliphatic carbocycles. The number of anilines is 1. The van der Waals surface area contributed by atoms with Crippen LogP contribution < -0.4 is 10.9 Å². The summed E-state index contributed by atoms with van der Waals surface area (Å²) in [6.45, 7) is 2.46. The molecule has 35 heavy (non-hydrogen) atoms. The van der Waals surface area contributed by atoms with E-state index < -0.39 is 5.82 Å². The number of carbonyl (C=O) groups excluding carboxylic acids is 1. The quantitative estimate of drug-likeness (QED) is 0.228. The number of thioether (sulfide) groups is 1. The maximum atomic E-state index is 13.9. The lowest BCUT2D eigenvalue weighted by atomic mass is 10.0. The standard InChI is InChI=1S/C26H21FN4O2S2/c1-16(17-8-3-2-4-9-17)14-31-25(33)23-22(18-10-7-13-28-24(18)35-23)30-26(31)34-15-21(32)29-20-12-6-5-11-19(20)27/h2-13,16H,14-15H2,1H3,(H,29,32)/t16-/m1/s1. The summed E-state index contributed by atoms with van der Waals surface area (Å²) in [5.74, 6) is -0.857. The number of para-hydroxylation sites is 1. The molecule has 1 N–H and O–H groups in total. The maximum Gasteiger partial charge on any atom is 0.272 e. The molecule has 0 unspecified atom stereocenters. The van der Waals surface area contributed by atoms with E-state index in [9.17, 15) is 14.0 Å². The third-order valence-electron chi connectivity index (χ3n) is 5.62. The van der Waals surface area contributed by atoms with Crippen LogP contribution in [0.2, 0.25) is 0 Å². The summed E-state index contributed by atoms with van der Waals surface area (Å²) < 4.78 is 16.1. The van der Waals surface area contributed by atoms with Crippen LogP contribution in [0.25, 0.3) is 20.4 Å². The van der Waals surface area contributed by atoms with Crippen molar-refractivity contribution in [1.82, 2.24) is 14.5 Å². The second kappa shape index (κ2) is 9.97. The van der Waals surface area contributed by atoms with Crippen LogP contribution in [-0.4, -0.2) is 26.2 Å². The fourth-order valence-electron chi connectivity index (χ4n) is 3.85. The van der Waals surface area contributed by atoms with E-state index in [1.165, 1.54) is 23.5 Å². The Balaban J connectivity index is 1.50. The number of thiophene rings is 1. The van der Waals surface area contributed by atoms with Gasteiger partial charge in [0.1, 0.15) is 15.3 Å². The molecule has 0 spiro atoms. The fourth-order valence-corrected chi connectivity index (χ4v) is 5.68. The van der Waals surface area contributed by atoms with E-state index >= 15 is 0 Å². The van der Waals surface area contributed by atoms with Crippen molar-refractivity contribution < 1.29 is 9.18 Å². The molecule has 2 aromatic carbocycles. The molecule has 0 aliphatic rings. The van der Waals surface area contributed by atoms with E-state index in [0.717, 1.165) is 27.5 Å². The van der Waals surface area contributed by atoms with E-state index in [-0.39, 0.29) is 28.8 Å². The predicted molar refractivity (Wildman–Crippen MR) is 140 cm³/mol. The number of carbonyl (C=O) groups is 1. The van der Waals surface area contributed by atoms with Crippen molar-refractivity contribution in [3.8, 4) is 0 Å². The lowest BCUT2D eigenvalue weighted by Gasteiger charge is -2.17. The summed E-state index contributed by atoms with van der Waals surface area (Å²) in [7, 11) is 0. The van der Waals surface area contributed by atoms with Gasteiger partial charge in [0.05, 0.1) is 17.0 Å². The van der Waals surface area contributed by atoms with Crippen molar-refractivity contribution in [2.45, 2.75) is 24.5 Å². The van der Waals surface area contributed by atoms with Gasteiger partial charge in [-0.2, -0.15) is 0 Å². The van der Waals surface area contributed by atoms with E-state index in [4.69, 9.17) is 4.98 Å². The first-order valence-electron chi connectivity index (χ1n) is 11.0. The SMILES string of the molecule is C[C@H](Cn1c(SCC(=O)Nc2ccccc2F)nc2c(sc3ncccc32)c1=O)c1ccccc1. The van der Waals surface area contributed by atoms with Crippen LogP contribution in [0.3, 0.4) is 0 Å². The number of halogens is 1. The average Bonchev–Trinajstić information content (AvgIpc) is 3.25. The molecular weight excluding hydrogens is 483 g/mol. The normalized spacial score (nSPS) is 12.2. The third-order valence-corrected chi connectivity index (χ3v) is 7.69. The summed E-state index contributed by atoms with van der Waals surface area (Å²) in [6, 6.07) is 19.7. The molecule has 5 aromatic rings. The van der Waals surface area contributed by atoms with E-state index in [1.807, 2.05) is 42.5 Å². The molecule has 3 aromatic heterocycles. The minimum atomic E-state index is -0.503. The average molecular weight is 505 g/mol. The number of hydrogen-bond acceptors (Lipinski definition) is 6. The lowest BCUT2D eigenvalue weighted by molar-refractivity contribution is -0.113. The number of pyridine rings is 1. The van der Waals surface area contributed by atoms with Crippen LogP contribution in [0.1, 0.15) is 18.4 Å². The Morgan fingerprint density at radius 3 is 2.69 bits per heavy atom. The summed E-state index contributed by atoms with van der Waals surface area (Å²) in [6.07, 6.45) is 1.69. The second-order valence-electron chi connectivity index (χ2n) is 8.07. The maximum absolute atomic E-state index is 13.9. The van der Waals surface area contributed by atoms with Gasteiger partial charge >= 0.3 is 0 Å². The molecule has 0 saturated carbocycles. The van der Waals surface area contributed by atoms with Gasteiger partial charge < -0.3 is 5.32 Å². The molecule has 1 amide bonds. The van der Waals surface area contributed by atoms with Crippen LogP contribution in [0.5, 0.6) is 0 Å². The zero-order chi connectivity index (χ0) is 24.4. The Morgan fingerprint density at radius 1 is 1.11 bits per heavy atom. The Hall–Kier alpha value is -3.56. The predicted octanol–water partition coefficient (Wildman–Crippen LogP) is 5.68. The van der Waals surface area contributed by atoms with E-state index in [1.54, 1.807) is 22.9 Å². The summed E-state index contributed by atoms with van der Waals surface area (Å²) in [5, 5.41) is 3.84. The van der Waals surface area contributed by atoms with E-state index in [2.05, 4.69) is 17.2 Å². The van der Waals surface area contributed by atoms with Gasteiger partial charge in [0.25, 0.3) is 5.56 Å². The minimum absolute atomic E-state index is 0.0215. The number of nitrogens with one attached hydrogen (secondary N) is 1.